The van der Waals surface area contributed by atoms with Gasteiger partial charge in [-0.05, 0) is 46.6 Å². The second-order valence-corrected chi connectivity index (χ2v) is 9.91. The van der Waals surface area contributed by atoms with Crippen LogP contribution in [-0.2, 0) is 4.74 Å². The van der Waals surface area contributed by atoms with Crippen LogP contribution in [0.4, 0.5) is 11.8 Å². The Bertz CT molecular complexity index is 1030. The van der Waals surface area contributed by atoms with E-state index >= 15 is 0 Å². The molecule has 4 N–H and O–H groups in total. The van der Waals surface area contributed by atoms with Gasteiger partial charge >= 0.3 is 0 Å². The van der Waals surface area contributed by atoms with Crippen molar-refractivity contribution in [1.29, 1.82) is 5.26 Å². The number of nitriles is 1. The second kappa shape index (κ2) is 9.38. The van der Waals surface area contributed by atoms with Gasteiger partial charge in [-0.25, -0.2) is 4.98 Å². The minimum absolute atomic E-state index is 0.136. The molecule has 0 bridgehead atoms. The fourth-order valence-corrected chi connectivity index (χ4v) is 4.05. The number of ether oxygens (including phenoxy) is 1. The molecule has 0 saturated carbocycles. The molecule has 172 valence electrons. The van der Waals surface area contributed by atoms with Crippen LogP contribution in [0.1, 0.15) is 46.2 Å². The number of hydrogen-bond acceptors (Lipinski definition) is 8. The summed E-state index contributed by atoms with van der Waals surface area (Å²) >= 11 is 12.5. The molecular weight excluding hydrogens is 451 g/mol. The maximum Gasteiger partial charge on any atom is 0.228 e. The van der Waals surface area contributed by atoms with Gasteiger partial charge in [-0.1, -0.05) is 35.3 Å². The number of aliphatic hydroxyl groups is 1. The van der Waals surface area contributed by atoms with Crippen molar-refractivity contribution in [1.82, 2.24) is 15.3 Å². The lowest BCUT2D eigenvalue weighted by molar-refractivity contribution is -0.192. The Morgan fingerprint density at radius 1 is 1.28 bits per heavy atom. The van der Waals surface area contributed by atoms with Gasteiger partial charge in [0.15, 0.2) is 5.69 Å². The van der Waals surface area contributed by atoms with E-state index in [0.717, 1.165) is 0 Å². The lowest BCUT2D eigenvalue weighted by Gasteiger charge is -2.42. The molecule has 1 fully saturated rings. The van der Waals surface area contributed by atoms with E-state index in [0.29, 0.717) is 53.1 Å². The van der Waals surface area contributed by atoms with E-state index in [9.17, 15) is 10.4 Å². The van der Waals surface area contributed by atoms with Gasteiger partial charge in [0.1, 0.15) is 11.9 Å². The van der Waals surface area contributed by atoms with Gasteiger partial charge in [-0.15, -0.1) is 0 Å². The molecule has 2 aromatic rings. The lowest BCUT2D eigenvalue weighted by Crippen LogP contribution is -2.56. The highest BCUT2D eigenvalue weighted by atomic mass is 35.5. The smallest absolute Gasteiger partial charge is 0.228 e. The van der Waals surface area contributed by atoms with Crippen molar-refractivity contribution >= 4 is 35.0 Å². The van der Waals surface area contributed by atoms with Crippen LogP contribution >= 0.6 is 23.2 Å². The first-order chi connectivity index (χ1) is 14.9. The standard InChI is InChI=1S/C22H28Cl2N6O2/c1-21(2,3)32-20(31)29-22(4)8-10-30(11-9-22)19-27-15(12-25)16(18(26)28-19)13-6-5-7-14(23)17(13)24/h5-7,20,29,31H,8-11H2,1-4H3,(H2,26,27,28). The molecule has 10 heteroatoms. The first-order valence-electron chi connectivity index (χ1n) is 10.3. The molecule has 8 nitrogen and oxygen atoms in total. The molecular formula is C22H28Cl2N6O2. The molecule has 1 atom stereocenters. The number of hydrogen-bond donors (Lipinski definition) is 3. The van der Waals surface area contributed by atoms with E-state index in [-0.39, 0.29) is 17.1 Å². The summed E-state index contributed by atoms with van der Waals surface area (Å²) in [7, 11) is 0. The largest absolute Gasteiger partial charge is 0.383 e. The van der Waals surface area contributed by atoms with Gasteiger partial charge < -0.3 is 20.5 Å². The lowest BCUT2D eigenvalue weighted by atomic mass is 9.90. The number of anilines is 2. The Morgan fingerprint density at radius 3 is 2.53 bits per heavy atom. The SMILES string of the molecule is CC1(NC(O)OC(C)(C)C)CCN(c2nc(N)c(-c3cccc(Cl)c3Cl)c(C#N)n2)CC1. The van der Waals surface area contributed by atoms with Gasteiger partial charge in [0.25, 0.3) is 0 Å². The number of nitrogens with one attached hydrogen (secondary N) is 1. The monoisotopic (exact) mass is 478 g/mol. The van der Waals surface area contributed by atoms with E-state index in [4.69, 9.17) is 33.7 Å². The van der Waals surface area contributed by atoms with Crippen LogP contribution in [0.3, 0.4) is 0 Å². The number of rotatable bonds is 5. The number of piperidine rings is 1. The molecule has 1 unspecified atom stereocenters. The number of nitrogens with zero attached hydrogens (tertiary/aromatic N) is 4. The molecule has 1 saturated heterocycles. The summed E-state index contributed by atoms with van der Waals surface area (Å²) in [5.74, 6) is 0.547. The first-order valence-corrected chi connectivity index (χ1v) is 11.1. The summed E-state index contributed by atoms with van der Waals surface area (Å²) in [6.45, 7) is 8.94. The normalized spacial score (nSPS) is 17.1. The van der Waals surface area contributed by atoms with Crippen molar-refractivity contribution in [2.75, 3.05) is 23.7 Å². The van der Waals surface area contributed by atoms with Gasteiger partial charge in [0, 0.05) is 24.2 Å². The Kier molecular flexibility index (Phi) is 7.18. The van der Waals surface area contributed by atoms with Crippen molar-refractivity contribution in [3.8, 4) is 17.2 Å². The number of benzene rings is 1. The molecule has 1 aromatic heterocycles. The van der Waals surface area contributed by atoms with Crippen molar-refractivity contribution in [2.24, 2.45) is 0 Å². The average Bonchev–Trinajstić information content (AvgIpc) is 2.68. The fraction of sp³-hybridized carbons (Fsp3) is 0.500. The molecule has 1 aromatic carbocycles. The molecule has 1 aliphatic rings. The van der Waals surface area contributed by atoms with Crippen LogP contribution in [0.5, 0.6) is 0 Å². The summed E-state index contributed by atoms with van der Waals surface area (Å²) in [4.78, 5) is 10.9. The van der Waals surface area contributed by atoms with Gasteiger partial charge in [-0.3, -0.25) is 5.32 Å². The average molecular weight is 479 g/mol. The van der Waals surface area contributed by atoms with Gasteiger partial charge in [0.05, 0.1) is 21.2 Å². The number of nitrogen functional groups attached to an aromatic ring is 1. The number of aromatic nitrogens is 2. The minimum Gasteiger partial charge on any atom is -0.383 e. The number of aliphatic hydroxyl groups excluding tert-OH is 1. The van der Waals surface area contributed by atoms with Gasteiger partial charge in [0.2, 0.25) is 12.4 Å². The van der Waals surface area contributed by atoms with Crippen LogP contribution < -0.4 is 16.0 Å². The predicted octanol–water partition coefficient (Wildman–Crippen LogP) is 3.94. The summed E-state index contributed by atoms with van der Waals surface area (Å²) in [6.07, 6.45) is 0.361. The fourth-order valence-electron chi connectivity index (χ4n) is 3.66. The van der Waals surface area contributed by atoms with E-state index in [1.165, 1.54) is 0 Å². The third-order valence-electron chi connectivity index (χ3n) is 5.34. The van der Waals surface area contributed by atoms with Crippen LogP contribution in [0.25, 0.3) is 11.1 Å². The molecule has 32 heavy (non-hydrogen) atoms. The van der Waals surface area contributed by atoms with Crippen LogP contribution in [0, 0.1) is 11.3 Å². The molecule has 2 heterocycles. The highest BCUT2D eigenvalue weighted by Gasteiger charge is 2.34. The van der Waals surface area contributed by atoms with Crippen LogP contribution in [0.2, 0.25) is 10.0 Å². The maximum atomic E-state index is 10.2. The zero-order valence-corrected chi connectivity index (χ0v) is 20.1. The van der Waals surface area contributed by atoms with Crippen molar-refractivity contribution < 1.29 is 9.84 Å². The Hall–Kier alpha value is -2.15. The van der Waals surface area contributed by atoms with Crippen molar-refractivity contribution in [3.63, 3.8) is 0 Å². The molecule has 0 amide bonds. The predicted molar refractivity (Wildman–Crippen MR) is 126 cm³/mol. The Balaban J connectivity index is 1.79. The van der Waals surface area contributed by atoms with Crippen molar-refractivity contribution in [2.45, 2.75) is 58.1 Å². The highest BCUT2D eigenvalue weighted by Crippen LogP contribution is 2.38. The molecule has 0 aliphatic carbocycles. The van der Waals surface area contributed by atoms with E-state index in [1.54, 1.807) is 18.2 Å². The number of halogens is 2. The summed E-state index contributed by atoms with van der Waals surface area (Å²) in [5, 5.41) is 23.8. The van der Waals surface area contributed by atoms with E-state index in [2.05, 4.69) is 21.4 Å². The molecule has 1 aliphatic heterocycles. The molecule has 0 radical (unpaired) electrons. The zero-order chi connectivity index (χ0) is 23.7. The number of nitrogens with two attached hydrogens (primary N) is 1. The molecule has 3 rings (SSSR count). The Morgan fingerprint density at radius 2 is 1.94 bits per heavy atom. The zero-order valence-electron chi connectivity index (χ0n) is 18.6. The topological polar surface area (TPSA) is 120 Å². The summed E-state index contributed by atoms with van der Waals surface area (Å²) in [6, 6.07) is 7.22. The first kappa shape index (κ1) is 24.5. The van der Waals surface area contributed by atoms with E-state index in [1.807, 2.05) is 32.6 Å². The highest BCUT2D eigenvalue weighted by molar-refractivity contribution is 6.43. The maximum absolute atomic E-state index is 10.2. The van der Waals surface area contributed by atoms with E-state index < -0.39 is 12.0 Å². The molecule has 0 spiro atoms. The van der Waals surface area contributed by atoms with Crippen molar-refractivity contribution in [3.05, 3.63) is 33.9 Å². The third-order valence-corrected chi connectivity index (χ3v) is 6.16. The van der Waals surface area contributed by atoms with Crippen LogP contribution in [0.15, 0.2) is 18.2 Å². The summed E-state index contributed by atoms with van der Waals surface area (Å²) in [5.41, 5.74) is 6.48. The second-order valence-electron chi connectivity index (χ2n) is 9.12. The Labute approximate surface area is 198 Å². The third kappa shape index (κ3) is 5.61. The van der Waals surface area contributed by atoms with Gasteiger partial charge in [-0.2, -0.15) is 10.2 Å². The minimum atomic E-state index is -1.06. The quantitative estimate of drug-likeness (QED) is 0.552. The summed E-state index contributed by atoms with van der Waals surface area (Å²) < 4.78 is 5.57. The van der Waals surface area contributed by atoms with Crippen LogP contribution in [-0.4, -0.2) is 45.7 Å².